The van der Waals surface area contributed by atoms with Gasteiger partial charge in [0, 0.05) is 24.5 Å². The summed E-state index contributed by atoms with van der Waals surface area (Å²) in [5, 5.41) is 0.664. The number of anilines is 1. The average molecular weight is 487 g/mol. The van der Waals surface area contributed by atoms with Gasteiger partial charge in [0.2, 0.25) is 0 Å². The molecule has 34 heavy (non-hydrogen) atoms. The van der Waals surface area contributed by atoms with Gasteiger partial charge in [-0.25, -0.2) is 9.59 Å². The smallest absolute Gasteiger partial charge is 0.414 e. The molecule has 0 radical (unpaired) electrons. The first kappa shape index (κ1) is 24.2. The third-order valence-corrected chi connectivity index (χ3v) is 6.06. The van der Waals surface area contributed by atoms with E-state index in [9.17, 15) is 9.59 Å². The van der Waals surface area contributed by atoms with Crippen molar-refractivity contribution in [2.24, 2.45) is 0 Å². The van der Waals surface area contributed by atoms with Crippen LogP contribution >= 0.6 is 11.6 Å². The third kappa shape index (κ3) is 5.95. The van der Waals surface area contributed by atoms with E-state index in [0.29, 0.717) is 62.0 Å². The predicted molar refractivity (Wildman–Crippen MR) is 131 cm³/mol. The Bertz CT molecular complexity index is 1070. The second-order valence-electron chi connectivity index (χ2n) is 9.55. The van der Waals surface area contributed by atoms with Crippen molar-refractivity contribution in [1.82, 2.24) is 4.90 Å². The van der Waals surface area contributed by atoms with Gasteiger partial charge in [-0.1, -0.05) is 23.7 Å². The zero-order valence-corrected chi connectivity index (χ0v) is 20.7. The minimum Gasteiger partial charge on any atom is -0.490 e. The first-order valence-corrected chi connectivity index (χ1v) is 12.0. The van der Waals surface area contributed by atoms with Crippen molar-refractivity contribution in [3.8, 4) is 5.75 Å². The Hall–Kier alpha value is -2.93. The summed E-state index contributed by atoms with van der Waals surface area (Å²) in [4.78, 5) is 28.8. The van der Waals surface area contributed by atoms with Gasteiger partial charge >= 0.3 is 12.2 Å². The summed E-state index contributed by atoms with van der Waals surface area (Å²) in [6.45, 7) is 7.83. The number of nitrogens with zero attached hydrogens (tertiary/aromatic N) is 2. The molecular formula is C26H31ClN2O5. The number of carbonyl (C=O) groups excluding carboxylic acids is 2. The summed E-state index contributed by atoms with van der Waals surface area (Å²) in [6, 6.07) is 11.5. The van der Waals surface area contributed by atoms with E-state index < -0.39 is 11.7 Å². The Balaban J connectivity index is 1.42. The van der Waals surface area contributed by atoms with Crippen molar-refractivity contribution in [3.05, 3.63) is 58.1 Å². The Morgan fingerprint density at radius 2 is 1.76 bits per heavy atom. The first-order valence-electron chi connectivity index (χ1n) is 11.6. The van der Waals surface area contributed by atoms with E-state index in [4.69, 9.17) is 25.8 Å². The van der Waals surface area contributed by atoms with Crippen LogP contribution in [0.2, 0.25) is 5.02 Å². The van der Waals surface area contributed by atoms with Crippen LogP contribution in [-0.4, -0.2) is 55.5 Å². The van der Waals surface area contributed by atoms with Gasteiger partial charge in [-0.2, -0.15) is 0 Å². The molecule has 0 N–H and O–H groups in total. The lowest BCUT2D eigenvalue weighted by atomic mass is 10.0. The molecule has 2 aliphatic heterocycles. The fourth-order valence-electron chi connectivity index (χ4n) is 4.16. The number of halogens is 1. The molecule has 2 amide bonds. The summed E-state index contributed by atoms with van der Waals surface area (Å²) < 4.78 is 17.0. The largest absolute Gasteiger partial charge is 0.490 e. The highest BCUT2D eigenvalue weighted by molar-refractivity contribution is 6.30. The lowest BCUT2D eigenvalue weighted by Crippen LogP contribution is -2.38. The maximum absolute atomic E-state index is 12.9. The van der Waals surface area contributed by atoms with E-state index in [1.807, 2.05) is 57.2 Å². The molecule has 7 nitrogen and oxygen atoms in total. The number of amides is 2. The van der Waals surface area contributed by atoms with Crippen LogP contribution in [0.15, 0.2) is 36.4 Å². The maximum atomic E-state index is 12.9. The lowest BCUT2D eigenvalue weighted by Gasteiger charge is -2.30. The molecule has 0 aliphatic carbocycles. The molecule has 8 heteroatoms. The molecular weight excluding hydrogens is 456 g/mol. The highest BCUT2D eigenvalue weighted by Crippen LogP contribution is 2.36. The molecule has 2 heterocycles. The van der Waals surface area contributed by atoms with Crippen LogP contribution in [0.25, 0.3) is 0 Å². The number of hydrogen-bond acceptors (Lipinski definition) is 5. The minimum absolute atomic E-state index is 0.266. The molecule has 0 atom stereocenters. The van der Waals surface area contributed by atoms with Gasteiger partial charge in [-0.05, 0) is 74.6 Å². The highest BCUT2D eigenvalue weighted by Gasteiger charge is 2.29. The molecule has 2 aromatic rings. The summed E-state index contributed by atoms with van der Waals surface area (Å²) >= 11 is 6.03. The van der Waals surface area contributed by atoms with Crippen molar-refractivity contribution >= 4 is 29.5 Å². The summed E-state index contributed by atoms with van der Waals surface area (Å²) in [5.74, 6) is 0.669. The average Bonchev–Trinajstić information content (AvgIpc) is 2.98. The summed E-state index contributed by atoms with van der Waals surface area (Å²) in [6.07, 6.45) is 1.28. The minimum atomic E-state index is -0.531. The Labute approximate surface area is 205 Å². The zero-order chi connectivity index (χ0) is 24.3. The molecule has 0 bridgehead atoms. The van der Waals surface area contributed by atoms with E-state index in [1.54, 1.807) is 9.80 Å². The monoisotopic (exact) mass is 486 g/mol. The van der Waals surface area contributed by atoms with Gasteiger partial charge in [-0.15, -0.1) is 0 Å². The van der Waals surface area contributed by atoms with E-state index in [-0.39, 0.29) is 12.7 Å². The first-order chi connectivity index (χ1) is 16.2. The Kier molecular flexibility index (Phi) is 7.22. The van der Waals surface area contributed by atoms with E-state index >= 15 is 0 Å². The molecule has 4 rings (SSSR count). The van der Waals surface area contributed by atoms with Gasteiger partial charge in [0.25, 0.3) is 0 Å². The maximum Gasteiger partial charge on any atom is 0.414 e. The van der Waals surface area contributed by atoms with Crippen LogP contribution in [0, 0.1) is 0 Å². The number of ether oxygens (including phenoxy) is 3. The van der Waals surface area contributed by atoms with Gasteiger partial charge < -0.3 is 19.1 Å². The molecule has 0 spiro atoms. The second kappa shape index (κ2) is 10.1. The highest BCUT2D eigenvalue weighted by atomic mass is 35.5. The van der Waals surface area contributed by atoms with Crippen LogP contribution in [0.4, 0.5) is 15.3 Å². The number of fused-ring (bicyclic) bond motifs is 2. The van der Waals surface area contributed by atoms with Crippen molar-refractivity contribution in [2.45, 2.75) is 45.6 Å². The van der Waals surface area contributed by atoms with Crippen molar-refractivity contribution in [2.75, 3.05) is 37.7 Å². The summed E-state index contributed by atoms with van der Waals surface area (Å²) in [7, 11) is 0. The quantitative estimate of drug-likeness (QED) is 0.592. The molecule has 0 saturated heterocycles. The number of carbonyl (C=O) groups is 2. The third-order valence-electron chi connectivity index (χ3n) is 5.82. The van der Waals surface area contributed by atoms with Gasteiger partial charge in [0.15, 0.2) is 0 Å². The van der Waals surface area contributed by atoms with Crippen LogP contribution in [-0.2, 0) is 28.7 Å². The standard InChI is InChI=1S/C26H31ClN2O5/c1-26(2,3)34-24(30)28-10-7-19-16-22-23(17-20(19)8-11-28)32-14-12-29(22)25(31)33-13-9-18-5-4-6-21(27)15-18/h4-6,15-17H,7-14H2,1-3H3. The topological polar surface area (TPSA) is 68.3 Å². The van der Waals surface area contributed by atoms with Gasteiger partial charge in [-0.3, -0.25) is 4.90 Å². The lowest BCUT2D eigenvalue weighted by molar-refractivity contribution is 0.0258. The van der Waals surface area contributed by atoms with Crippen molar-refractivity contribution in [3.63, 3.8) is 0 Å². The Morgan fingerprint density at radius 3 is 2.47 bits per heavy atom. The van der Waals surface area contributed by atoms with Crippen LogP contribution in [0.1, 0.15) is 37.5 Å². The molecule has 2 aromatic carbocycles. The molecule has 0 unspecified atom stereocenters. The fraction of sp³-hybridized carbons (Fsp3) is 0.462. The SMILES string of the molecule is CC(C)(C)OC(=O)N1CCc2cc3c(cc2CC1)N(C(=O)OCCc1cccc(Cl)c1)CCO3. The van der Waals surface area contributed by atoms with Crippen molar-refractivity contribution < 1.29 is 23.8 Å². The van der Waals surface area contributed by atoms with E-state index in [2.05, 4.69) is 0 Å². The zero-order valence-electron chi connectivity index (χ0n) is 19.9. The fourth-order valence-corrected chi connectivity index (χ4v) is 4.37. The van der Waals surface area contributed by atoms with Crippen LogP contribution in [0.5, 0.6) is 5.75 Å². The molecule has 0 saturated carbocycles. The second-order valence-corrected chi connectivity index (χ2v) is 9.99. The summed E-state index contributed by atoms with van der Waals surface area (Å²) in [5.41, 5.74) is 3.43. The normalized spacial score (nSPS) is 15.5. The Morgan fingerprint density at radius 1 is 1.03 bits per heavy atom. The number of rotatable bonds is 3. The molecule has 182 valence electrons. The molecule has 0 aromatic heterocycles. The number of hydrogen-bond donors (Lipinski definition) is 0. The van der Waals surface area contributed by atoms with Gasteiger partial charge in [0.05, 0.1) is 18.8 Å². The molecule has 0 fully saturated rings. The number of benzene rings is 2. The van der Waals surface area contributed by atoms with Crippen LogP contribution in [0.3, 0.4) is 0 Å². The van der Waals surface area contributed by atoms with E-state index in [1.165, 1.54) is 0 Å². The van der Waals surface area contributed by atoms with Gasteiger partial charge in [0.1, 0.15) is 18.0 Å². The van der Waals surface area contributed by atoms with Crippen molar-refractivity contribution in [1.29, 1.82) is 0 Å². The molecule has 2 aliphatic rings. The van der Waals surface area contributed by atoms with E-state index in [0.717, 1.165) is 16.7 Å². The predicted octanol–water partition coefficient (Wildman–Crippen LogP) is 5.25. The van der Waals surface area contributed by atoms with Crippen LogP contribution < -0.4 is 9.64 Å².